The van der Waals surface area contributed by atoms with E-state index in [0.29, 0.717) is 12.8 Å². The SMILES string of the molecule is CC[C@H]1[C@@H](O)C2C3CC[C@H]([C@@H](C)C[C@H](C)C(=O)NCCS(=O)(=O)O)[C@@]3(C)[C@@H](O)CC2[C@@]2(C)CC[C@@H](O)C[C@@H]12. The Bertz CT molecular complexity index is 974. The molecule has 0 aromatic rings. The Morgan fingerprint density at radius 1 is 1.03 bits per heavy atom. The summed E-state index contributed by atoms with van der Waals surface area (Å²) in [6.07, 6.45) is 5.43. The van der Waals surface area contributed by atoms with Crippen molar-refractivity contribution in [3.63, 3.8) is 0 Å². The second-order valence-electron chi connectivity index (χ2n) is 13.9. The molecule has 0 radical (unpaired) electrons. The predicted molar refractivity (Wildman–Crippen MR) is 146 cm³/mol. The number of carbonyl (C=O) groups excluding carboxylic acids is 1. The van der Waals surface area contributed by atoms with Crippen LogP contribution < -0.4 is 5.32 Å². The fourth-order valence-electron chi connectivity index (χ4n) is 10.2. The fraction of sp³-hybridized carbons (Fsp3) is 0.966. The number of hydrogen-bond donors (Lipinski definition) is 5. The van der Waals surface area contributed by atoms with E-state index < -0.39 is 28.1 Å². The van der Waals surface area contributed by atoms with Gasteiger partial charge in [0.25, 0.3) is 10.1 Å². The maximum atomic E-state index is 12.6. The van der Waals surface area contributed by atoms with Crippen LogP contribution >= 0.6 is 0 Å². The van der Waals surface area contributed by atoms with Gasteiger partial charge in [0.2, 0.25) is 5.91 Å². The van der Waals surface area contributed by atoms with Gasteiger partial charge in [-0.25, -0.2) is 0 Å². The maximum Gasteiger partial charge on any atom is 0.266 e. The van der Waals surface area contributed by atoms with Crippen LogP contribution in [0.25, 0.3) is 0 Å². The van der Waals surface area contributed by atoms with Gasteiger partial charge in [0, 0.05) is 12.5 Å². The number of aliphatic hydroxyl groups is 3. The fourth-order valence-corrected chi connectivity index (χ4v) is 10.6. The standard InChI is InChI=1S/C29H51NO7S/c1-6-19-22-14-18(31)9-10-28(22,4)23-15-24(32)29(5)20(7-8-21(29)25(23)26(19)33)16(2)13-17(3)27(34)30-11-12-38(35,36)37/h16-26,31-33H,6-15H2,1-5H3,(H,30,34)(H,35,36,37)/t16-,17-,18+,19+,20+,21?,22-,23?,24-,25?,26+,28-,29+/m0/s1. The van der Waals surface area contributed by atoms with E-state index in [1.807, 2.05) is 6.92 Å². The third-order valence-corrected chi connectivity index (χ3v) is 12.8. The smallest absolute Gasteiger partial charge is 0.266 e. The zero-order valence-electron chi connectivity index (χ0n) is 23.8. The van der Waals surface area contributed by atoms with Gasteiger partial charge in [0.1, 0.15) is 0 Å². The van der Waals surface area contributed by atoms with Gasteiger partial charge in [-0.1, -0.05) is 41.0 Å². The molecule has 0 aliphatic heterocycles. The number of rotatable bonds is 8. The first kappa shape index (κ1) is 30.2. The molecular formula is C29H51NO7S. The number of fused-ring (bicyclic) bond motifs is 5. The van der Waals surface area contributed by atoms with Crippen molar-refractivity contribution < 1.29 is 33.1 Å². The van der Waals surface area contributed by atoms with Gasteiger partial charge < -0.3 is 20.6 Å². The van der Waals surface area contributed by atoms with Crippen molar-refractivity contribution >= 4 is 16.0 Å². The summed E-state index contributed by atoms with van der Waals surface area (Å²) >= 11 is 0. The number of aliphatic hydroxyl groups excluding tert-OH is 3. The molecule has 0 aromatic carbocycles. The summed E-state index contributed by atoms with van der Waals surface area (Å²) < 4.78 is 30.8. The van der Waals surface area contributed by atoms with Crippen molar-refractivity contribution in [2.45, 2.75) is 104 Å². The van der Waals surface area contributed by atoms with Gasteiger partial charge in [-0.3, -0.25) is 9.35 Å². The summed E-state index contributed by atoms with van der Waals surface area (Å²) in [5, 5.41) is 36.8. The molecule has 3 unspecified atom stereocenters. The first-order chi connectivity index (χ1) is 17.6. The molecule has 0 heterocycles. The van der Waals surface area contributed by atoms with E-state index in [0.717, 1.165) is 38.5 Å². The molecule has 0 bridgehead atoms. The molecule has 1 amide bonds. The van der Waals surface area contributed by atoms with Crippen molar-refractivity contribution in [2.75, 3.05) is 12.3 Å². The minimum atomic E-state index is -4.12. The lowest BCUT2D eigenvalue weighted by atomic mass is 9.41. The summed E-state index contributed by atoms with van der Waals surface area (Å²) in [7, 11) is -4.12. The minimum Gasteiger partial charge on any atom is -0.393 e. The van der Waals surface area contributed by atoms with Gasteiger partial charge in [0.05, 0.1) is 24.1 Å². The number of hydrogen-bond acceptors (Lipinski definition) is 6. The normalized spacial score (nSPS) is 46.4. The van der Waals surface area contributed by atoms with E-state index in [4.69, 9.17) is 4.55 Å². The second kappa shape index (κ2) is 10.9. The molecule has 220 valence electrons. The van der Waals surface area contributed by atoms with Gasteiger partial charge >= 0.3 is 0 Å². The molecule has 38 heavy (non-hydrogen) atoms. The lowest BCUT2D eigenvalue weighted by Gasteiger charge is -2.65. The van der Waals surface area contributed by atoms with Crippen LogP contribution in [-0.4, -0.2) is 64.8 Å². The van der Waals surface area contributed by atoms with Crippen molar-refractivity contribution in [3.05, 3.63) is 0 Å². The zero-order chi connectivity index (χ0) is 28.2. The average molecular weight is 558 g/mol. The van der Waals surface area contributed by atoms with Gasteiger partial charge in [-0.2, -0.15) is 8.42 Å². The molecule has 5 N–H and O–H groups in total. The van der Waals surface area contributed by atoms with Crippen molar-refractivity contribution in [1.29, 1.82) is 0 Å². The van der Waals surface area contributed by atoms with E-state index >= 15 is 0 Å². The molecule has 13 atom stereocenters. The summed E-state index contributed by atoms with van der Waals surface area (Å²) in [6, 6.07) is 0. The highest BCUT2D eigenvalue weighted by Crippen LogP contribution is 2.69. The first-order valence-corrected chi connectivity index (χ1v) is 16.5. The lowest BCUT2D eigenvalue weighted by molar-refractivity contribution is -0.228. The molecular weight excluding hydrogens is 506 g/mol. The van der Waals surface area contributed by atoms with Crippen LogP contribution in [0.5, 0.6) is 0 Å². The molecule has 0 aromatic heterocycles. The monoisotopic (exact) mass is 557 g/mol. The second-order valence-corrected chi connectivity index (χ2v) is 15.5. The third-order valence-electron chi connectivity index (χ3n) is 12.1. The van der Waals surface area contributed by atoms with Crippen LogP contribution in [0, 0.1) is 58.2 Å². The summed E-state index contributed by atoms with van der Waals surface area (Å²) in [6.45, 7) is 10.6. The Kier molecular flexibility index (Phi) is 8.68. The largest absolute Gasteiger partial charge is 0.393 e. The highest BCUT2D eigenvalue weighted by atomic mass is 32.2. The molecule has 0 saturated heterocycles. The average Bonchev–Trinajstić information content (AvgIpc) is 3.19. The highest BCUT2D eigenvalue weighted by Gasteiger charge is 2.67. The summed E-state index contributed by atoms with van der Waals surface area (Å²) in [5.74, 6) is 0.401. The number of carbonyl (C=O) groups is 1. The summed E-state index contributed by atoms with van der Waals surface area (Å²) in [5.41, 5.74) is -0.317. The van der Waals surface area contributed by atoms with Gasteiger partial charge in [-0.05, 0) is 97.2 Å². The van der Waals surface area contributed by atoms with Gasteiger partial charge in [0.15, 0.2) is 0 Å². The first-order valence-electron chi connectivity index (χ1n) is 14.9. The molecule has 0 spiro atoms. The highest BCUT2D eigenvalue weighted by molar-refractivity contribution is 7.85. The van der Waals surface area contributed by atoms with E-state index in [1.54, 1.807) is 0 Å². The quantitative estimate of drug-likeness (QED) is 0.288. The molecule has 4 aliphatic rings. The Balaban J connectivity index is 1.51. The molecule has 4 saturated carbocycles. The van der Waals surface area contributed by atoms with Crippen LogP contribution in [-0.2, 0) is 14.9 Å². The molecule has 4 rings (SSSR count). The van der Waals surface area contributed by atoms with E-state index in [9.17, 15) is 28.5 Å². The zero-order valence-corrected chi connectivity index (χ0v) is 24.7. The molecule has 4 aliphatic carbocycles. The maximum absolute atomic E-state index is 12.6. The van der Waals surface area contributed by atoms with Crippen LogP contribution in [0.4, 0.5) is 0 Å². The van der Waals surface area contributed by atoms with Crippen LogP contribution in [0.3, 0.4) is 0 Å². The van der Waals surface area contributed by atoms with E-state index in [2.05, 4.69) is 33.0 Å². The minimum absolute atomic E-state index is 0.0183. The topological polar surface area (TPSA) is 144 Å². The molecule has 4 fully saturated rings. The van der Waals surface area contributed by atoms with Crippen molar-refractivity contribution in [2.24, 2.45) is 58.2 Å². The van der Waals surface area contributed by atoms with E-state index in [-0.39, 0.29) is 76.7 Å². The summed E-state index contributed by atoms with van der Waals surface area (Å²) in [4.78, 5) is 12.6. The Hall–Kier alpha value is -0.740. The molecule has 9 heteroatoms. The van der Waals surface area contributed by atoms with Crippen LogP contribution in [0.15, 0.2) is 0 Å². The predicted octanol–water partition coefficient (Wildman–Crippen LogP) is 3.25. The number of nitrogens with one attached hydrogen (secondary N) is 1. The van der Waals surface area contributed by atoms with Crippen molar-refractivity contribution in [1.82, 2.24) is 5.32 Å². The van der Waals surface area contributed by atoms with E-state index in [1.165, 1.54) is 0 Å². The molecule has 8 nitrogen and oxygen atoms in total. The lowest BCUT2D eigenvalue weighted by Crippen LogP contribution is -2.65. The van der Waals surface area contributed by atoms with Crippen molar-refractivity contribution in [3.8, 4) is 0 Å². The Labute approximate surface area is 229 Å². The Morgan fingerprint density at radius 3 is 2.34 bits per heavy atom. The third kappa shape index (κ3) is 5.19. The van der Waals surface area contributed by atoms with Gasteiger partial charge in [-0.15, -0.1) is 0 Å². The van der Waals surface area contributed by atoms with Crippen LogP contribution in [0.2, 0.25) is 0 Å². The van der Waals surface area contributed by atoms with Crippen LogP contribution in [0.1, 0.15) is 86.0 Å². The Morgan fingerprint density at radius 2 is 1.71 bits per heavy atom. The number of amides is 1.